The maximum Gasteiger partial charge on any atom is 0.136 e. The first kappa shape index (κ1) is 26.3. The molecular weight excluding hydrogens is 558 g/mol. The molecule has 216 valence electrons. The van der Waals surface area contributed by atoms with E-state index >= 15 is 0 Å². The van der Waals surface area contributed by atoms with Gasteiger partial charge in [0.15, 0.2) is 0 Å². The highest BCUT2D eigenvalue weighted by atomic mass is 16.3. The fourth-order valence-electron chi connectivity index (χ4n) is 6.91. The minimum Gasteiger partial charge on any atom is -0.456 e. The van der Waals surface area contributed by atoms with Crippen LogP contribution in [0.5, 0.6) is 0 Å². The lowest BCUT2D eigenvalue weighted by Crippen LogP contribution is -2.11. The average molecular weight is 588 g/mol. The molecule has 9 aromatic rings. The SMILES string of the molecule is c1ccc(-c2c(-c3ccc4c(c3)oc3ccccc34)cccc2N(c2ccccc2)c2ccc3c(ccc4ccccc43)c2)cc1. The number of benzene rings is 8. The van der Waals surface area contributed by atoms with Crippen molar-refractivity contribution in [2.24, 2.45) is 0 Å². The van der Waals surface area contributed by atoms with Gasteiger partial charge in [0.1, 0.15) is 11.2 Å². The third-order valence-corrected chi connectivity index (χ3v) is 9.04. The van der Waals surface area contributed by atoms with Crippen LogP contribution in [-0.4, -0.2) is 0 Å². The Morgan fingerprint density at radius 2 is 1.04 bits per heavy atom. The van der Waals surface area contributed by atoms with Gasteiger partial charge in [-0.3, -0.25) is 0 Å². The first-order valence-corrected chi connectivity index (χ1v) is 15.7. The quantitative estimate of drug-likeness (QED) is 0.186. The molecule has 0 fully saturated rings. The summed E-state index contributed by atoms with van der Waals surface area (Å²) in [7, 11) is 0. The number of furan rings is 1. The predicted octanol–water partition coefficient (Wildman–Crippen LogP) is 12.7. The minimum atomic E-state index is 0.893. The summed E-state index contributed by atoms with van der Waals surface area (Å²) >= 11 is 0. The summed E-state index contributed by atoms with van der Waals surface area (Å²) < 4.78 is 6.34. The highest BCUT2D eigenvalue weighted by Crippen LogP contribution is 2.46. The minimum absolute atomic E-state index is 0.893. The van der Waals surface area contributed by atoms with E-state index < -0.39 is 0 Å². The van der Waals surface area contributed by atoms with Crippen LogP contribution >= 0.6 is 0 Å². The van der Waals surface area contributed by atoms with Crippen molar-refractivity contribution < 1.29 is 4.42 Å². The van der Waals surface area contributed by atoms with Crippen LogP contribution in [0.4, 0.5) is 17.1 Å². The van der Waals surface area contributed by atoms with E-state index in [9.17, 15) is 0 Å². The van der Waals surface area contributed by atoms with E-state index in [2.05, 4.69) is 169 Å². The van der Waals surface area contributed by atoms with Crippen molar-refractivity contribution in [1.82, 2.24) is 0 Å². The van der Waals surface area contributed by atoms with Gasteiger partial charge in [0, 0.05) is 27.7 Å². The largest absolute Gasteiger partial charge is 0.456 e. The Balaban J connectivity index is 1.29. The van der Waals surface area contributed by atoms with E-state index in [4.69, 9.17) is 4.42 Å². The molecule has 0 aliphatic heterocycles. The van der Waals surface area contributed by atoms with Crippen molar-refractivity contribution >= 4 is 60.5 Å². The zero-order valence-electron chi connectivity index (χ0n) is 25.1. The number of fused-ring (bicyclic) bond motifs is 6. The monoisotopic (exact) mass is 587 g/mol. The molecule has 2 nitrogen and oxygen atoms in total. The zero-order chi connectivity index (χ0) is 30.5. The molecule has 0 atom stereocenters. The fraction of sp³-hybridized carbons (Fsp3) is 0. The summed E-state index contributed by atoms with van der Waals surface area (Å²) in [6.45, 7) is 0. The zero-order valence-corrected chi connectivity index (χ0v) is 25.1. The Labute approximate surface area is 267 Å². The summed E-state index contributed by atoms with van der Waals surface area (Å²) in [6.07, 6.45) is 0. The van der Waals surface area contributed by atoms with Gasteiger partial charge < -0.3 is 9.32 Å². The van der Waals surface area contributed by atoms with Crippen molar-refractivity contribution in [3.63, 3.8) is 0 Å². The average Bonchev–Trinajstić information content (AvgIpc) is 3.50. The van der Waals surface area contributed by atoms with Crippen LogP contribution in [0.15, 0.2) is 180 Å². The number of nitrogens with zero attached hydrogens (tertiary/aromatic N) is 1. The second kappa shape index (κ2) is 10.8. The maximum atomic E-state index is 6.34. The van der Waals surface area contributed by atoms with Crippen LogP contribution in [0.1, 0.15) is 0 Å². The van der Waals surface area contributed by atoms with Gasteiger partial charge in [-0.1, -0.05) is 127 Å². The molecule has 1 aromatic heterocycles. The van der Waals surface area contributed by atoms with Crippen LogP contribution in [0.2, 0.25) is 0 Å². The van der Waals surface area contributed by atoms with Crippen molar-refractivity contribution in [1.29, 1.82) is 0 Å². The molecule has 8 aromatic carbocycles. The van der Waals surface area contributed by atoms with Gasteiger partial charge in [0.25, 0.3) is 0 Å². The van der Waals surface area contributed by atoms with Crippen LogP contribution < -0.4 is 4.90 Å². The Morgan fingerprint density at radius 1 is 0.370 bits per heavy atom. The molecule has 0 amide bonds. The number of anilines is 3. The van der Waals surface area contributed by atoms with Crippen molar-refractivity contribution in [3.8, 4) is 22.3 Å². The molecule has 46 heavy (non-hydrogen) atoms. The topological polar surface area (TPSA) is 16.4 Å². The smallest absolute Gasteiger partial charge is 0.136 e. The second-order valence-corrected chi connectivity index (χ2v) is 11.7. The number of para-hydroxylation sites is 2. The van der Waals surface area contributed by atoms with E-state index in [0.717, 1.165) is 55.7 Å². The predicted molar refractivity (Wildman–Crippen MR) is 194 cm³/mol. The van der Waals surface area contributed by atoms with E-state index in [0.29, 0.717) is 0 Å². The third kappa shape index (κ3) is 4.35. The molecule has 1 heterocycles. The Hall–Kier alpha value is -6.12. The molecule has 0 unspecified atom stereocenters. The lowest BCUT2D eigenvalue weighted by atomic mass is 9.91. The van der Waals surface area contributed by atoms with Gasteiger partial charge in [-0.05, 0) is 86.8 Å². The summed E-state index contributed by atoms with van der Waals surface area (Å²) in [6, 6.07) is 62.8. The molecule has 0 aliphatic carbocycles. The van der Waals surface area contributed by atoms with E-state index in [-0.39, 0.29) is 0 Å². The molecule has 0 saturated carbocycles. The highest BCUT2D eigenvalue weighted by molar-refractivity contribution is 6.09. The van der Waals surface area contributed by atoms with Gasteiger partial charge in [-0.25, -0.2) is 0 Å². The summed E-state index contributed by atoms with van der Waals surface area (Å²) in [5, 5.41) is 7.26. The summed E-state index contributed by atoms with van der Waals surface area (Å²) in [5.74, 6) is 0. The Morgan fingerprint density at radius 3 is 1.91 bits per heavy atom. The second-order valence-electron chi connectivity index (χ2n) is 11.7. The summed E-state index contributed by atoms with van der Waals surface area (Å²) in [5.41, 5.74) is 9.71. The first-order valence-electron chi connectivity index (χ1n) is 15.7. The van der Waals surface area contributed by atoms with Gasteiger partial charge in [-0.2, -0.15) is 0 Å². The molecule has 0 spiro atoms. The van der Waals surface area contributed by atoms with Crippen molar-refractivity contribution in [2.45, 2.75) is 0 Å². The first-order chi connectivity index (χ1) is 22.8. The Kier molecular flexibility index (Phi) is 6.17. The Bertz CT molecular complexity index is 2530. The van der Waals surface area contributed by atoms with Crippen LogP contribution in [-0.2, 0) is 0 Å². The lowest BCUT2D eigenvalue weighted by molar-refractivity contribution is 0.669. The molecule has 0 saturated heterocycles. The lowest BCUT2D eigenvalue weighted by Gasteiger charge is -2.29. The van der Waals surface area contributed by atoms with Crippen molar-refractivity contribution in [2.75, 3.05) is 4.90 Å². The fourth-order valence-corrected chi connectivity index (χ4v) is 6.91. The number of rotatable bonds is 5. The standard InChI is InChI=1S/C44H29NO/c1-3-13-31(14-4-1)44-38(33-24-26-40-39-18-9-10-21-42(39)46-43(40)29-33)19-11-20-41(44)45(34-15-5-2-6-16-34)35-25-27-37-32(28-35)23-22-30-12-7-8-17-36(30)37/h1-29H. The van der Waals surface area contributed by atoms with E-state index in [1.807, 2.05) is 12.1 Å². The molecule has 0 bridgehead atoms. The molecule has 2 heteroatoms. The molecule has 0 radical (unpaired) electrons. The van der Waals surface area contributed by atoms with E-state index in [1.54, 1.807) is 0 Å². The molecule has 0 aliphatic rings. The number of hydrogen-bond donors (Lipinski definition) is 0. The maximum absolute atomic E-state index is 6.34. The molecular formula is C44H29NO. The van der Waals surface area contributed by atoms with Gasteiger partial charge in [-0.15, -0.1) is 0 Å². The summed E-state index contributed by atoms with van der Waals surface area (Å²) in [4.78, 5) is 2.39. The number of hydrogen-bond acceptors (Lipinski definition) is 2. The van der Waals surface area contributed by atoms with Crippen LogP contribution in [0, 0.1) is 0 Å². The van der Waals surface area contributed by atoms with E-state index in [1.165, 1.54) is 27.1 Å². The molecule has 9 rings (SSSR count). The normalized spacial score (nSPS) is 11.5. The van der Waals surface area contributed by atoms with Crippen LogP contribution in [0.25, 0.3) is 65.7 Å². The van der Waals surface area contributed by atoms with Gasteiger partial charge >= 0.3 is 0 Å². The van der Waals surface area contributed by atoms with Crippen LogP contribution in [0.3, 0.4) is 0 Å². The van der Waals surface area contributed by atoms with Gasteiger partial charge in [0.05, 0.1) is 5.69 Å². The highest BCUT2D eigenvalue weighted by Gasteiger charge is 2.21. The van der Waals surface area contributed by atoms with Crippen molar-refractivity contribution in [3.05, 3.63) is 176 Å². The third-order valence-electron chi connectivity index (χ3n) is 9.04. The molecule has 0 N–H and O–H groups in total. The van der Waals surface area contributed by atoms with Gasteiger partial charge in [0.2, 0.25) is 0 Å².